The van der Waals surface area contributed by atoms with Gasteiger partial charge in [0, 0.05) is 66.7 Å². The Morgan fingerprint density at radius 3 is 1.66 bits per heavy atom. The van der Waals surface area contributed by atoms with Crippen molar-refractivity contribution >= 4 is 101 Å². The van der Waals surface area contributed by atoms with Crippen LogP contribution in [0.4, 0.5) is 34.1 Å². The topological polar surface area (TPSA) is 24.6 Å². The summed E-state index contributed by atoms with van der Waals surface area (Å²) in [6.07, 6.45) is 2.95. The van der Waals surface area contributed by atoms with Gasteiger partial charge in [0.25, 0.3) is 6.71 Å². The molecule has 4 nitrogen and oxygen atoms in total. The first-order chi connectivity index (χ1) is 38.8. The van der Waals surface area contributed by atoms with Crippen LogP contribution in [0, 0.1) is 0 Å². The highest BCUT2D eigenvalue weighted by molar-refractivity contribution is 7.00. The Bertz CT molecular complexity index is 4420. The summed E-state index contributed by atoms with van der Waals surface area (Å²) in [6.45, 7) is 9.27. The number of anilines is 6. The van der Waals surface area contributed by atoms with Crippen molar-refractivity contribution in [2.75, 3.05) is 9.80 Å². The summed E-state index contributed by atoms with van der Waals surface area (Å²) in [4.78, 5) is 5.30. The van der Waals surface area contributed by atoms with Crippen molar-refractivity contribution in [3.05, 3.63) is 254 Å². The van der Waals surface area contributed by atoms with Crippen molar-refractivity contribution < 1.29 is 4.42 Å². The lowest BCUT2D eigenvalue weighted by molar-refractivity contribution is 0.590. The molecule has 0 spiro atoms. The molecule has 2 aromatic heterocycles. The second-order valence-corrected chi connectivity index (χ2v) is 22.6. The molecule has 0 unspecified atom stereocenters. The van der Waals surface area contributed by atoms with Gasteiger partial charge < -0.3 is 18.8 Å². The number of furan rings is 1. The summed E-state index contributed by atoms with van der Waals surface area (Å²) >= 11 is 0. The number of fused-ring (bicyclic) bond motifs is 10. The number of hydrogen-bond acceptors (Lipinski definition) is 3. The van der Waals surface area contributed by atoms with Crippen LogP contribution >= 0.6 is 0 Å². The van der Waals surface area contributed by atoms with Crippen LogP contribution < -0.4 is 26.2 Å². The normalized spacial score (nSPS) is 12.9. The molecule has 15 rings (SSSR count). The second kappa shape index (κ2) is 18.4. The summed E-state index contributed by atoms with van der Waals surface area (Å²) < 4.78 is 9.55. The summed E-state index contributed by atoms with van der Waals surface area (Å²) in [5, 5.41) is 4.80. The van der Waals surface area contributed by atoms with E-state index in [9.17, 15) is 0 Å². The third-order valence-corrected chi connectivity index (χ3v) is 16.9. The maximum absolute atomic E-state index is 7.07. The van der Waals surface area contributed by atoms with Crippen LogP contribution in [0.15, 0.2) is 247 Å². The van der Waals surface area contributed by atoms with E-state index in [-0.39, 0.29) is 12.1 Å². The molecule has 2 aliphatic heterocycles. The average Bonchev–Trinajstić information content (AvgIpc) is 4.15. The van der Waals surface area contributed by atoms with Crippen LogP contribution in [0.2, 0.25) is 0 Å². The Kier molecular flexibility index (Phi) is 10.9. The lowest BCUT2D eigenvalue weighted by Crippen LogP contribution is -2.61. The molecule has 0 N–H and O–H groups in total. The predicted molar refractivity (Wildman–Crippen MR) is 336 cm³/mol. The summed E-state index contributed by atoms with van der Waals surface area (Å²) in [5.41, 5.74) is 25.6. The second-order valence-electron chi connectivity index (χ2n) is 22.6. The molecular weight excluding hydrogens is 958 g/mol. The molecular formula is C74H58BN3O. The van der Waals surface area contributed by atoms with Gasteiger partial charge in [-0.05, 0) is 123 Å². The number of hydrogen-bond donors (Lipinski definition) is 0. The van der Waals surface area contributed by atoms with E-state index in [4.69, 9.17) is 4.42 Å². The number of unbranched alkanes of at least 4 members (excludes halogenated alkanes) is 1. The number of benzene rings is 11. The van der Waals surface area contributed by atoms with E-state index in [1.165, 1.54) is 105 Å². The van der Waals surface area contributed by atoms with Crippen LogP contribution in [0.1, 0.15) is 51.7 Å². The van der Waals surface area contributed by atoms with Gasteiger partial charge in [0.05, 0.1) is 22.4 Å². The van der Waals surface area contributed by atoms with Crippen molar-refractivity contribution in [3.8, 4) is 39.1 Å². The van der Waals surface area contributed by atoms with E-state index in [0.717, 1.165) is 58.3 Å². The zero-order valence-corrected chi connectivity index (χ0v) is 45.0. The predicted octanol–water partition coefficient (Wildman–Crippen LogP) is 18.4. The first-order valence-corrected chi connectivity index (χ1v) is 28.1. The fraction of sp³-hybridized carbons (Fsp3) is 0.108. The summed E-state index contributed by atoms with van der Waals surface area (Å²) in [6, 6.07) is 90.5. The van der Waals surface area contributed by atoms with Gasteiger partial charge in [-0.1, -0.05) is 216 Å². The van der Waals surface area contributed by atoms with Gasteiger partial charge in [0.2, 0.25) is 0 Å². The molecule has 0 saturated carbocycles. The van der Waals surface area contributed by atoms with E-state index < -0.39 is 0 Å². The number of aromatic nitrogens is 1. The molecule has 79 heavy (non-hydrogen) atoms. The molecule has 2 aliphatic rings. The fourth-order valence-corrected chi connectivity index (χ4v) is 13.2. The minimum atomic E-state index is -0.226. The highest BCUT2D eigenvalue weighted by Crippen LogP contribution is 2.52. The van der Waals surface area contributed by atoms with E-state index in [1.807, 2.05) is 0 Å². The standard InChI is InChI=1S/C74H58BN3O/c1-5-6-29-60-65(43-40-59-58-32-18-21-37-70(58)79-73(59)60)77-67-47-53(76-63-35-19-16-30-56(63)57-31-17-20-36-64(57)76)39-41-61(67)75-62-44-51(48-23-10-7-11-24-48)38-42-66(62)78(69-46-52(74(2,3)4)45-68(77)71(69)75)72-54(49-25-12-8-13-26-49)33-22-34-55(72)50-27-14-9-15-28-50/h7-28,30-47H,5-6,29H2,1-4H3. The van der Waals surface area contributed by atoms with Crippen LogP contribution in [0.25, 0.3) is 82.8 Å². The fourth-order valence-electron chi connectivity index (χ4n) is 13.2. The van der Waals surface area contributed by atoms with E-state index in [1.54, 1.807) is 0 Å². The molecule has 0 saturated heterocycles. The molecule has 0 bridgehead atoms. The average molecular weight is 1020 g/mol. The molecule has 0 fully saturated rings. The smallest absolute Gasteiger partial charge is 0.252 e. The van der Waals surface area contributed by atoms with E-state index in [0.29, 0.717) is 0 Å². The Morgan fingerprint density at radius 1 is 0.430 bits per heavy atom. The van der Waals surface area contributed by atoms with Gasteiger partial charge in [-0.3, -0.25) is 0 Å². The van der Waals surface area contributed by atoms with Crippen molar-refractivity contribution in [3.63, 3.8) is 0 Å². The molecule has 0 radical (unpaired) electrons. The Labute approximate surface area is 462 Å². The summed E-state index contributed by atoms with van der Waals surface area (Å²) in [7, 11) is 0. The van der Waals surface area contributed by atoms with Gasteiger partial charge >= 0.3 is 0 Å². The zero-order valence-electron chi connectivity index (χ0n) is 45.0. The molecule has 13 aromatic rings. The highest BCUT2D eigenvalue weighted by Gasteiger charge is 2.46. The maximum atomic E-state index is 7.07. The van der Waals surface area contributed by atoms with Crippen molar-refractivity contribution in [1.82, 2.24) is 4.57 Å². The van der Waals surface area contributed by atoms with Crippen LogP contribution in [0.3, 0.4) is 0 Å². The largest absolute Gasteiger partial charge is 0.456 e. The molecule has 0 amide bonds. The van der Waals surface area contributed by atoms with Crippen molar-refractivity contribution in [1.29, 1.82) is 0 Å². The molecule has 378 valence electrons. The molecule has 11 aromatic carbocycles. The van der Waals surface area contributed by atoms with Gasteiger partial charge in [-0.25, -0.2) is 0 Å². The van der Waals surface area contributed by atoms with Crippen molar-refractivity contribution in [2.45, 2.75) is 52.4 Å². The van der Waals surface area contributed by atoms with Gasteiger partial charge in [-0.15, -0.1) is 0 Å². The van der Waals surface area contributed by atoms with Gasteiger partial charge in [-0.2, -0.15) is 0 Å². The van der Waals surface area contributed by atoms with Crippen LogP contribution in [0.5, 0.6) is 0 Å². The Morgan fingerprint density at radius 2 is 1.01 bits per heavy atom. The van der Waals surface area contributed by atoms with Crippen LogP contribution in [-0.2, 0) is 11.8 Å². The summed E-state index contributed by atoms with van der Waals surface area (Å²) in [5.74, 6) is 0. The number of nitrogens with zero attached hydrogens (tertiary/aromatic N) is 3. The lowest BCUT2D eigenvalue weighted by Gasteiger charge is -2.46. The molecule has 0 atom stereocenters. The van der Waals surface area contributed by atoms with Crippen molar-refractivity contribution in [2.24, 2.45) is 0 Å². The first-order valence-electron chi connectivity index (χ1n) is 28.1. The number of aryl methyl sites for hydroxylation is 1. The quantitative estimate of drug-likeness (QED) is 0.135. The number of rotatable bonds is 9. The third kappa shape index (κ3) is 7.43. The minimum Gasteiger partial charge on any atom is -0.456 e. The number of para-hydroxylation sites is 4. The van der Waals surface area contributed by atoms with Gasteiger partial charge in [0.15, 0.2) is 0 Å². The first kappa shape index (κ1) is 46.9. The SMILES string of the molecule is CCCCc1c(N2c3cc(-n4c5ccccc5c5ccccc54)ccc3B3c4cc(-c5ccccc5)ccc4N(c4c(-c5ccccc5)cccc4-c4ccccc4)c4cc(C(C)(C)C)cc2c43)ccc2c1oc1ccccc12. The Balaban J connectivity index is 1.10. The molecule has 0 aliphatic carbocycles. The minimum absolute atomic E-state index is 0.134. The maximum Gasteiger partial charge on any atom is 0.252 e. The Hall–Kier alpha value is -9.32. The van der Waals surface area contributed by atoms with E-state index in [2.05, 4.69) is 285 Å². The van der Waals surface area contributed by atoms with Crippen LogP contribution in [-0.4, -0.2) is 11.3 Å². The van der Waals surface area contributed by atoms with Gasteiger partial charge in [0.1, 0.15) is 11.2 Å². The van der Waals surface area contributed by atoms with E-state index >= 15 is 0 Å². The highest BCUT2D eigenvalue weighted by atomic mass is 16.3. The lowest BCUT2D eigenvalue weighted by atomic mass is 9.33. The zero-order chi connectivity index (χ0) is 52.9. The monoisotopic (exact) mass is 1020 g/mol. The molecule has 5 heteroatoms. The third-order valence-electron chi connectivity index (χ3n) is 16.9. The molecule has 4 heterocycles.